The van der Waals surface area contributed by atoms with Gasteiger partial charge >= 0.3 is 0 Å². The van der Waals surface area contributed by atoms with Crippen LogP contribution in [0.15, 0.2) is 24.3 Å². The van der Waals surface area contributed by atoms with Gasteiger partial charge in [0.1, 0.15) is 10.8 Å². The van der Waals surface area contributed by atoms with Crippen molar-refractivity contribution in [3.8, 4) is 0 Å². The van der Waals surface area contributed by atoms with Gasteiger partial charge in [0.2, 0.25) is 5.13 Å². The van der Waals surface area contributed by atoms with Crippen LogP contribution in [-0.2, 0) is 6.42 Å². The largest absolute Gasteiger partial charge is 0.393 e. The lowest BCUT2D eigenvalue weighted by molar-refractivity contribution is 0.189. The maximum absolute atomic E-state index is 12.8. The van der Waals surface area contributed by atoms with Gasteiger partial charge in [0.25, 0.3) is 0 Å². The first-order chi connectivity index (χ1) is 9.13. The molecule has 2 rings (SSSR count). The van der Waals surface area contributed by atoms with Crippen molar-refractivity contribution in [2.75, 3.05) is 11.9 Å². The molecular formula is C13H16FN3OS. The highest BCUT2D eigenvalue weighted by molar-refractivity contribution is 7.15. The molecule has 0 aliphatic carbocycles. The van der Waals surface area contributed by atoms with Crippen LogP contribution in [-0.4, -0.2) is 28.0 Å². The fraction of sp³-hybridized carbons (Fsp3) is 0.385. The van der Waals surface area contributed by atoms with Gasteiger partial charge in [0, 0.05) is 13.0 Å². The van der Waals surface area contributed by atoms with Crippen molar-refractivity contribution in [2.24, 2.45) is 0 Å². The zero-order chi connectivity index (χ0) is 13.7. The normalized spacial score (nSPS) is 12.4. The maximum atomic E-state index is 12.8. The Morgan fingerprint density at radius 1 is 1.32 bits per heavy atom. The van der Waals surface area contributed by atoms with Crippen LogP contribution in [0.3, 0.4) is 0 Å². The summed E-state index contributed by atoms with van der Waals surface area (Å²) in [6.07, 6.45) is 1.00. The van der Waals surface area contributed by atoms with Crippen LogP contribution < -0.4 is 5.32 Å². The molecule has 0 spiro atoms. The molecule has 0 amide bonds. The summed E-state index contributed by atoms with van der Waals surface area (Å²) in [4.78, 5) is 0. The standard InChI is InChI=1S/C13H16FN3OS/c1-9(18)6-7-15-13-17-16-12(19-13)8-10-2-4-11(14)5-3-10/h2-5,9,18H,6-8H2,1H3,(H,15,17). The predicted octanol–water partition coefficient (Wildman–Crippen LogP) is 2.45. The third-order valence-electron chi connectivity index (χ3n) is 2.57. The first-order valence-electron chi connectivity index (χ1n) is 6.12. The number of nitrogens with one attached hydrogen (secondary N) is 1. The molecule has 4 nitrogen and oxygen atoms in total. The molecule has 0 aliphatic heterocycles. The van der Waals surface area contributed by atoms with Crippen LogP contribution in [0.25, 0.3) is 0 Å². The third-order valence-corrected chi connectivity index (χ3v) is 3.45. The first kappa shape index (κ1) is 13.9. The molecule has 0 fully saturated rings. The first-order valence-corrected chi connectivity index (χ1v) is 6.94. The van der Waals surface area contributed by atoms with Gasteiger partial charge in [-0.2, -0.15) is 0 Å². The minimum absolute atomic E-state index is 0.235. The highest BCUT2D eigenvalue weighted by Crippen LogP contribution is 2.18. The molecule has 0 bridgehead atoms. The van der Waals surface area contributed by atoms with Gasteiger partial charge < -0.3 is 10.4 Å². The summed E-state index contributed by atoms with van der Waals surface area (Å²) in [7, 11) is 0. The zero-order valence-corrected chi connectivity index (χ0v) is 11.5. The molecule has 2 N–H and O–H groups in total. The number of aliphatic hydroxyl groups is 1. The lowest BCUT2D eigenvalue weighted by Crippen LogP contribution is -2.09. The lowest BCUT2D eigenvalue weighted by Gasteiger charge is -2.03. The third kappa shape index (κ3) is 4.57. The van der Waals surface area contributed by atoms with Crippen molar-refractivity contribution in [1.82, 2.24) is 10.2 Å². The molecule has 1 unspecified atom stereocenters. The van der Waals surface area contributed by atoms with Crippen molar-refractivity contribution in [3.05, 3.63) is 40.7 Å². The predicted molar refractivity (Wildman–Crippen MR) is 73.9 cm³/mol. The number of benzene rings is 1. The highest BCUT2D eigenvalue weighted by Gasteiger charge is 2.05. The molecule has 1 heterocycles. The van der Waals surface area contributed by atoms with E-state index >= 15 is 0 Å². The van der Waals surface area contributed by atoms with E-state index in [0.29, 0.717) is 19.4 Å². The summed E-state index contributed by atoms with van der Waals surface area (Å²) in [5.41, 5.74) is 1.01. The minimum Gasteiger partial charge on any atom is -0.393 e. The van der Waals surface area contributed by atoms with E-state index in [1.165, 1.54) is 23.5 Å². The fourth-order valence-corrected chi connectivity index (χ4v) is 2.36. The van der Waals surface area contributed by atoms with E-state index in [0.717, 1.165) is 15.7 Å². The van der Waals surface area contributed by atoms with Crippen LogP contribution in [0.4, 0.5) is 9.52 Å². The van der Waals surface area contributed by atoms with Crippen molar-refractivity contribution in [2.45, 2.75) is 25.9 Å². The van der Waals surface area contributed by atoms with E-state index in [9.17, 15) is 4.39 Å². The van der Waals surface area contributed by atoms with Crippen LogP contribution >= 0.6 is 11.3 Å². The van der Waals surface area contributed by atoms with Gasteiger partial charge in [0.05, 0.1) is 6.10 Å². The molecule has 2 aromatic rings. The lowest BCUT2D eigenvalue weighted by atomic mass is 10.2. The van der Waals surface area contributed by atoms with Crippen LogP contribution in [0.2, 0.25) is 0 Å². The van der Waals surface area contributed by atoms with E-state index in [4.69, 9.17) is 5.11 Å². The number of halogens is 1. The molecular weight excluding hydrogens is 265 g/mol. The Hall–Kier alpha value is -1.53. The number of anilines is 1. The van der Waals surface area contributed by atoms with Gasteiger partial charge in [-0.05, 0) is 31.0 Å². The van der Waals surface area contributed by atoms with E-state index in [-0.39, 0.29) is 11.9 Å². The van der Waals surface area contributed by atoms with E-state index in [2.05, 4.69) is 15.5 Å². The van der Waals surface area contributed by atoms with Gasteiger partial charge in [-0.1, -0.05) is 23.5 Å². The second-order valence-electron chi connectivity index (χ2n) is 4.37. The summed E-state index contributed by atoms with van der Waals surface area (Å²) < 4.78 is 12.8. The average molecular weight is 281 g/mol. The summed E-state index contributed by atoms with van der Waals surface area (Å²) in [5, 5.41) is 22.0. The Bertz CT molecular complexity index is 513. The topological polar surface area (TPSA) is 58.0 Å². The van der Waals surface area contributed by atoms with Crippen LogP contribution in [0.5, 0.6) is 0 Å². The molecule has 1 aromatic heterocycles. The van der Waals surface area contributed by atoms with E-state index in [1.807, 2.05) is 0 Å². The van der Waals surface area contributed by atoms with E-state index < -0.39 is 0 Å². The van der Waals surface area contributed by atoms with Crippen molar-refractivity contribution in [3.63, 3.8) is 0 Å². The minimum atomic E-state index is -0.320. The maximum Gasteiger partial charge on any atom is 0.205 e. The zero-order valence-electron chi connectivity index (χ0n) is 10.6. The Balaban J connectivity index is 1.88. The number of aromatic nitrogens is 2. The molecule has 1 aromatic carbocycles. The van der Waals surface area contributed by atoms with Gasteiger partial charge in [-0.25, -0.2) is 4.39 Å². The van der Waals surface area contributed by atoms with Gasteiger partial charge in [0.15, 0.2) is 0 Å². The Morgan fingerprint density at radius 2 is 2.05 bits per heavy atom. The molecule has 1 atom stereocenters. The fourth-order valence-electron chi connectivity index (χ4n) is 1.56. The number of hydrogen-bond donors (Lipinski definition) is 2. The highest BCUT2D eigenvalue weighted by atomic mass is 32.1. The number of aliphatic hydroxyl groups excluding tert-OH is 1. The van der Waals surface area contributed by atoms with Gasteiger partial charge in [-0.3, -0.25) is 0 Å². The smallest absolute Gasteiger partial charge is 0.205 e. The number of rotatable bonds is 6. The second-order valence-corrected chi connectivity index (χ2v) is 5.43. The average Bonchev–Trinajstić information content (AvgIpc) is 2.79. The van der Waals surface area contributed by atoms with Crippen LogP contribution in [0.1, 0.15) is 23.9 Å². The van der Waals surface area contributed by atoms with Crippen LogP contribution in [0, 0.1) is 5.82 Å². The summed E-state index contributed by atoms with van der Waals surface area (Å²) >= 11 is 1.47. The van der Waals surface area contributed by atoms with E-state index in [1.54, 1.807) is 19.1 Å². The second kappa shape index (κ2) is 6.58. The van der Waals surface area contributed by atoms with Crippen molar-refractivity contribution >= 4 is 16.5 Å². The summed E-state index contributed by atoms with van der Waals surface area (Å²) in [6, 6.07) is 6.38. The molecule has 0 aliphatic rings. The Labute approximate surface area is 115 Å². The number of hydrogen-bond acceptors (Lipinski definition) is 5. The Kier molecular flexibility index (Phi) is 4.81. The molecule has 102 valence electrons. The summed E-state index contributed by atoms with van der Waals surface area (Å²) in [5.74, 6) is -0.235. The molecule has 0 radical (unpaired) electrons. The molecule has 0 saturated heterocycles. The summed E-state index contributed by atoms with van der Waals surface area (Å²) in [6.45, 7) is 2.42. The SMILES string of the molecule is CC(O)CCNc1nnc(Cc2ccc(F)cc2)s1. The van der Waals surface area contributed by atoms with Crippen molar-refractivity contribution in [1.29, 1.82) is 0 Å². The molecule has 6 heteroatoms. The van der Waals surface area contributed by atoms with Crippen molar-refractivity contribution < 1.29 is 9.50 Å². The quantitative estimate of drug-likeness (QED) is 0.854. The number of nitrogens with zero attached hydrogens (tertiary/aromatic N) is 2. The molecule has 19 heavy (non-hydrogen) atoms. The van der Waals surface area contributed by atoms with Gasteiger partial charge in [-0.15, -0.1) is 10.2 Å². The molecule has 0 saturated carbocycles. The Morgan fingerprint density at radius 3 is 2.74 bits per heavy atom. The monoisotopic (exact) mass is 281 g/mol.